The lowest BCUT2D eigenvalue weighted by Gasteiger charge is -2.17. The van der Waals surface area contributed by atoms with Crippen LogP contribution in [0.2, 0.25) is 10.0 Å². The van der Waals surface area contributed by atoms with E-state index in [1.54, 1.807) is 25.1 Å². The number of halogens is 2. The van der Waals surface area contributed by atoms with Gasteiger partial charge in [-0.3, -0.25) is 9.59 Å². The Bertz CT molecular complexity index is 536. The molecule has 1 aliphatic rings. The quantitative estimate of drug-likeness (QED) is 0.832. The van der Waals surface area contributed by atoms with Crippen LogP contribution in [0.5, 0.6) is 0 Å². The molecule has 4 nitrogen and oxygen atoms in total. The third-order valence-electron chi connectivity index (χ3n) is 3.76. The number of nitrogens with one attached hydrogen (secondary N) is 1. The fourth-order valence-corrected chi connectivity index (χ4v) is 3.06. The monoisotopic (exact) mass is 343 g/mol. The molecule has 1 saturated carbocycles. The molecule has 2 rings (SSSR count). The van der Waals surface area contributed by atoms with Gasteiger partial charge in [0, 0.05) is 21.7 Å². The van der Waals surface area contributed by atoms with Crippen LogP contribution in [0.15, 0.2) is 18.2 Å². The molecule has 22 heavy (non-hydrogen) atoms. The van der Waals surface area contributed by atoms with Gasteiger partial charge in [0.05, 0.1) is 6.42 Å². The van der Waals surface area contributed by atoms with Crippen LogP contribution in [-0.2, 0) is 20.7 Å². The maximum atomic E-state index is 12.0. The second-order valence-corrected chi connectivity index (χ2v) is 6.31. The van der Waals surface area contributed by atoms with Crippen LogP contribution >= 0.6 is 23.2 Å². The first-order valence-corrected chi connectivity index (χ1v) is 8.15. The number of amides is 1. The fraction of sp³-hybridized carbons (Fsp3) is 0.500. The number of rotatable bonds is 5. The summed E-state index contributed by atoms with van der Waals surface area (Å²) in [5, 5.41) is 3.72. The van der Waals surface area contributed by atoms with Crippen LogP contribution in [0, 0.1) is 0 Å². The van der Waals surface area contributed by atoms with Crippen molar-refractivity contribution in [3.63, 3.8) is 0 Å². The molecule has 0 radical (unpaired) electrons. The summed E-state index contributed by atoms with van der Waals surface area (Å²) >= 11 is 12.0. The summed E-state index contributed by atoms with van der Waals surface area (Å²) in [7, 11) is 0. The number of carbonyl (C=O) groups excluding carboxylic acids is 2. The zero-order valence-electron chi connectivity index (χ0n) is 12.4. The minimum Gasteiger partial charge on any atom is -0.452 e. The van der Waals surface area contributed by atoms with Gasteiger partial charge in [-0.15, -0.1) is 0 Å². The molecule has 0 saturated heterocycles. The lowest BCUT2D eigenvalue weighted by molar-refractivity contribution is -0.154. The molecule has 1 aromatic carbocycles. The zero-order valence-corrected chi connectivity index (χ0v) is 13.9. The lowest BCUT2D eigenvalue weighted by atomic mass is 10.1. The molecule has 1 fully saturated rings. The standard InChI is InChI=1S/C16H19Cl2NO3/c1-10(16(21)19-11-5-2-3-6-11)22-15(20)9-12-13(17)7-4-8-14(12)18/h4,7-8,10-11H,2-3,5-6,9H2,1H3,(H,19,21)/t10-/m1/s1. The van der Waals surface area contributed by atoms with E-state index < -0.39 is 12.1 Å². The molecule has 0 aromatic heterocycles. The highest BCUT2D eigenvalue weighted by Gasteiger charge is 2.23. The smallest absolute Gasteiger partial charge is 0.311 e. The zero-order chi connectivity index (χ0) is 16.1. The van der Waals surface area contributed by atoms with Crippen molar-refractivity contribution in [2.75, 3.05) is 0 Å². The largest absolute Gasteiger partial charge is 0.452 e. The van der Waals surface area contributed by atoms with Crippen LogP contribution in [0.1, 0.15) is 38.2 Å². The van der Waals surface area contributed by atoms with Gasteiger partial charge in [0.2, 0.25) is 0 Å². The third-order valence-corrected chi connectivity index (χ3v) is 4.47. The van der Waals surface area contributed by atoms with Crippen LogP contribution in [-0.4, -0.2) is 24.0 Å². The number of ether oxygens (including phenoxy) is 1. The molecule has 1 aromatic rings. The van der Waals surface area contributed by atoms with Crippen LogP contribution < -0.4 is 5.32 Å². The highest BCUT2D eigenvalue weighted by molar-refractivity contribution is 6.36. The Morgan fingerprint density at radius 3 is 2.45 bits per heavy atom. The molecule has 0 spiro atoms. The minimum atomic E-state index is -0.825. The summed E-state index contributed by atoms with van der Waals surface area (Å²) in [4.78, 5) is 23.9. The van der Waals surface area contributed by atoms with Crippen molar-refractivity contribution in [2.24, 2.45) is 0 Å². The van der Waals surface area contributed by atoms with Gasteiger partial charge < -0.3 is 10.1 Å². The summed E-state index contributed by atoms with van der Waals surface area (Å²) < 4.78 is 5.17. The van der Waals surface area contributed by atoms with Crippen LogP contribution in [0.25, 0.3) is 0 Å². The molecule has 1 N–H and O–H groups in total. The molecule has 120 valence electrons. The second kappa shape index (κ2) is 7.84. The second-order valence-electron chi connectivity index (χ2n) is 5.50. The van der Waals surface area contributed by atoms with Gasteiger partial charge in [0.1, 0.15) is 0 Å². The highest BCUT2D eigenvalue weighted by Crippen LogP contribution is 2.25. The van der Waals surface area contributed by atoms with E-state index in [1.807, 2.05) is 0 Å². The van der Waals surface area contributed by atoms with E-state index in [0.29, 0.717) is 15.6 Å². The summed E-state index contributed by atoms with van der Waals surface area (Å²) in [5.41, 5.74) is 0.513. The van der Waals surface area contributed by atoms with Crippen molar-refractivity contribution < 1.29 is 14.3 Å². The van der Waals surface area contributed by atoms with Crippen molar-refractivity contribution in [3.8, 4) is 0 Å². The van der Waals surface area contributed by atoms with Crippen LogP contribution in [0.3, 0.4) is 0 Å². The number of hydrogen-bond donors (Lipinski definition) is 1. The van der Waals surface area contributed by atoms with Crippen molar-refractivity contribution in [1.29, 1.82) is 0 Å². The molecule has 1 aliphatic carbocycles. The molecular weight excluding hydrogens is 325 g/mol. The van der Waals surface area contributed by atoms with E-state index in [2.05, 4.69) is 5.32 Å². The predicted molar refractivity (Wildman–Crippen MR) is 86.1 cm³/mol. The van der Waals surface area contributed by atoms with Crippen molar-refractivity contribution in [1.82, 2.24) is 5.32 Å². The number of carbonyl (C=O) groups is 2. The normalized spacial score (nSPS) is 16.3. The molecule has 0 heterocycles. The Morgan fingerprint density at radius 2 is 1.86 bits per heavy atom. The van der Waals surface area contributed by atoms with Gasteiger partial charge in [0.15, 0.2) is 6.10 Å². The van der Waals surface area contributed by atoms with E-state index >= 15 is 0 Å². The van der Waals surface area contributed by atoms with Gasteiger partial charge >= 0.3 is 5.97 Å². The maximum Gasteiger partial charge on any atom is 0.311 e. The molecule has 1 atom stereocenters. The summed E-state index contributed by atoms with van der Waals surface area (Å²) in [5.74, 6) is -0.783. The molecule has 0 bridgehead atoms. The Hall–Kier alpha value is -1.26. The average molecular weight is 344 g/mol. The Kier molecular flexibility index (Phi) is 6.09. The Morgan fingerprint density at radius 1 is 1.27 bits per heavy atom. The maximum absolute atomic E-state index is 12.0. The Balaban J connectivity index is 1.86. The first-order chi connectivity index (χ1) is 10.5. The number of esters is 1. The Labute approximate surface area is 140 Å². The van der Waals surface area contributed by atoms with Gasteiger partial charge in [-0.1, -0.05) is 42.1 Å². The van der Waals surface area contributed by atoms with E-state index in [4.69, 9.17) is 27.9 Å². The molecule has 0 unspecified atom stereocenters. The summed E-state index contributed by atoms with van der Waals surface area (Å²) in [6.45, 7) is 1.57. The molecule has 6 heteroatoms. The number of hydrogen-bond acceptors (Lipinski definition) is 3. The highest BCUT2D eigenvalue weighted by atomic mass is 35.5. The topological polar surface area (TPSA) is 55.4 Å². The van der Waals surface area contributed by atoms with Gasteiger partial charge in [0.25, 0.3) is 5.91 Å². The van der Waals surface area contributed by atoms with Crippen molar-refractivity contribution >= 4 is 35.1 Å². The van der Waals surface area contributed by atoms with E-state index in [0.717, 1.165) is 25.7 Å². The SMILES string of the molecule is C[C@@H](OC(=O)Cc1c(Cl)cccc1Cl)C(=O)NC1CCCC1. The summed E-state index contributed by atoms with van der Waals surface area (Å²) in [6.07, 6.45) is 3.35. The molecule has 0 aliphatic heterocycles. The van der Waals surface area contributed by atoms with Crippen LogP contribution in [0.4, 0.5) is 0 Å². The van der Waals surface area contributed by atoms with Gasteiger partial charge in [-0.2, -0.15) is 0 Å². The van der Waals surface area contributed by atoms with E-state index in [9.17, 15) is 9.59 Å². The number of benzene rings is 1. The molecule has 1 amide bonds. The first-order valence-electron chi connectivity index (χ1n) is 7.40. The fourth-order valence-electron chi connectivity index (χ4n) is 2.53. The van der Waals surface area contributed by atoms with E-state index in [-0.39, 0.29) is 18.4 Å². The first kappa shape index (κ1) is 17.1. The summed E-state index contributed by atoms with van der Waals surface area (Å²) in [6, 6.07) is 5.22. The third kappa shape index (κ3) is 4.62. The van der Waals surface area contributed by atoms with Crippen molar-refractivity contribution in [3.05, 3.63) is 33.8 Å². The van der Waals surface area contributed by atoms with Crippen molar-refractivity contribution in [2.45, 2.75) is 51.2 Å². The predicted octanol–water partition coefficient (Wildman–Crippen LogP) is 3.53. The molecular formula is C16H19Cl2NO3. The average Bonchev–Trinajstić information content (AvgIpc) is 2.96. The lowest BCUT2D eigenvalue weighted by Crippen LogP contribution is -2.41. The minimum absolute atomic E-state index is 0.0560. The van der Waals surface area contributed by atoms with Gasteiger partial charge in [-0.05, 0) is 31.9 Å². The van der Waals surface area contributed by atoms with Gasteiger partial charge in [-0.25, -0.2) is 0 Å². The van der Waals surface area contributed by atoms with E-state index in [1.165, 1.54) is 0 Å².